The quantitative estimate of drug-likeness (QED) is 0.305. The van der Waals surface area contributed by atoms with Gasteiger partial charge in [0.15, 0.2) is 0 Å². The number of benzene rings is 2. The number of anilines is 2. The topological polar surface area (TPSA) is 107 Å². The normalized spacial score (nSPS) is 12.7. The highest BCUT2D eigenvalue weighted by Crippen LogP contribution is 2.20. The first kappa shape index (κ1) is 19.7. The predicted octanol–water partition coefficient (Wildman–Crippen LogP) is 3.21. The molecule has 1 aliphatic heterocycles. The fourth-order valence-corrected chi connectivity index (χ4v) is 3.31. The molecular formula is C19H15F2N7OS. The average Bonchev–Trinajstić information content (AvgIpc) is 3.37. The van der Waals surface area contributed by atoms with Gasteiger partial charge in [-0.3, -0.25) is 9.79 Å². The van der Waals surface area contributed by atoms with Crippen LogP contribution in [0, 0.1) is 11.6 Å². The summed E-state index contributed by atoms with van der Waals surface area (Å²) in [5.74, 6) is -2.11. The van der Waals surface area contributed by atoms with E-state index in [9.17, 15) is 13.6 Å². The lowest BCUT2D eigenvalue weighted by molar-refractivity contribution is -0.113. The zero-order chi connectivity index (χ0) is 20.9. The van der Waals surface area contributed by atoms with E-state index in [1.165, 1.54) is 6.07 Å². The highest BCUT2D eigenvalue weighted by molar-refractivity contribution is 7.99. The molecule has 3 N–H and O–H groups in total. The van der Waals surface area contributed by atoms with Gasteiger partial charge in [0.05, 0.1) is 24.2 Å². The zero-order valence-corrected chi connectivity index (χ0v) is 16.2. The minimum Gasteiger partial charge on any atom is -0.320 e. The molecule has 11 heteroatoms. The number of carbonyl (C=O) groups excluding carboxylic acids is 1. The number of hydrogen-bond acceptors (Lipinski definition) is 7. The van der Waals surface area contributed by atoms with Crippen molar-refractivity contribution in [2.24, 2.45) is 10.1 Å². The molecular weight excluding hydrogens is 412 g/mol. The Morgan fingerprint density at radius 3 is 2.83 bits per heavy atom. The summed E-state index contributed by atoms with van der Waals surface area (Å²) in [6.07, 6.45) is 1.59. The van der Waals surface area contributed by atoms with Gasteiger partial charge < -0.3 is 5.32 Å². The fourth-order valence-electron chi connectivity index (χ4n) is 2.71. The monoisotopic (exact) mass is 427 g/mol. The lowest BCUT2D eigenvalue weighted by atomic mass is 10.1. The van der Waals surface area contributed by atoms with Gasteiger partial charge in [-0.1, -0.05) is 42.1 Å². The van der Waals surface area contributed by atoms with Crippen molar-refractivity contribution >= 4 is 41.2 Å². The molecule has 2 heterocycles. The smallest absolute Gasteiger partial charge is 0.240 e. The Balaban J connectivity index is 1.28. The number of halogens is 2. The van der Waals surface area contributed by atoms with Crippen molar-refractivity contribution < 1.29 is 13.6 Å². The third-order valence-corrected chi connectivity index (χ3v) is 4.94. The van der Waals surface area contributed by atoms with Crippen molar-refractivity contribution in [3.63, 3.8) is 0 Å². The van der Waals surface area contributed by atoms with Crippen molar-refractivity contribution in [2.75, 3.05) is 16.5 Å². The number of carbonyl (C=O) groups is 1. The van der Waals surface area contributed by atoms with Gasteiger partial charge in [-0.05, 0) is 17.7 Å². The average molecular weight is 427 g/mol. The number of para-hydroxylation sites is 1. The van der Waals surface area contributed by atoms with Crippen molar-refractivity contribution in [2.45, 2.75) is 11.7 Å². The molecule has 1 amide bonds. The van der Waals surface area contributed by atoms with E-state index in [0.29, 0.717) is 6.54 Å². The number of aromatic nitrogens is 3. The number of H-pyrrole nitrogens is 1. The van der Waals surface area contributed by atoms with Gasteiger partial charge in [0.2, 0.25) is 17.0 Å². The molecule has 1 aliphatic rings. The summed E-state index contributed by atoms with van der Waals surface area (Å²) in [7, 11) is 0. The van der Waals surface area contributed by atoms with Crippen LogP contribution in [0.25, 0.3) is 0 Å². The van der Waals surface area contributed by atoms with E-state index < -0.39 is 23.2 Å². The summed E-state index contributed by atoms with van der Waals surface area (Å²) in [6, 6.07) is 11.3. The molecule has 0 saturated carbocycles. The van der Waals surface area contributed by atoms with Gasteiger partial charge in [-0.2, -0.15) is 10.1 Å². The number of aromatic amines is 1. The molecule has 0 fully saturated rings. The Labute approximate surface area is 173 Å². The number of thioether (sulfide) groups is 1. The Hall–Kier alpha value is -3.60. The molecule has 0 saturated heterocycles. The summed E-state index contributed by atoms with van der Waals surface area (Å²) in [5.41, 5.74) is 5.18. The highest BCUT2D eigenvalue weighted by atomic mass is 32.2. The number of rotatable bonds is 7. The minimum atomic E-state index is -0.843. The summed E-state index contributed by atoms with van der Waals surface area (Å²) in [6.45, 7) is 0.624. The molecule has 2 aromatic carbocycles. The standard InChI is InChI=1S/C19H15F2N7OS/c20-13-6-3-7-14(21)17(13)24-16(29)10-30-19-25-18(27-28-19)26-23-9-15-12-5-2-1-4-11(12)8-22-15/h1-7,9H,8,10H2,(H,24,29)(H2,25,26,27,28)/b23-9-. The van der Waals surface area contributed by atoms with Crippen molar-refractivity contribution in [3.05, 3.63) is 65.2 Å². The van der Waals surface area contributed by atoms with E-state index >= 15 is 0 Å². The van der Waals surface area contributed by atoms with Crippen LogP contribution in [0.15, 0.2) is 57.7 Å². The lowest BCUT2D eigenvalue weighted by Gasteiger charge is -2.06. The van der Waals surface area contributed by atoms with Crippen molar-refractivity contribution in [3.8, 4) is 0 Å². The number of fused-ring (bicyclic) bond motifs is 1. The van der Waals surface area contributed by atoms with E-state index in [0.717, 1.165) is 40.7 Å². The van der Waals surface area contributed by atoms with Gasteiger partial charge in [-0.15, -0.1) is 5.10 Å². The molecule has 4 rings (SSSR count). The van der Waals surface area contributed by atoms with E-state index in [4.69, 9.17) is 0 Å². The Kier molecular flexibility index (Phi) is 5.80. The summed E-state index contributed by atoms with van der Waals surface area (Å²) in [5, 5.41) is 13.2. The number of amides is 1. The Bertz CT molecular complexity index is 1130. The van der Waals surface area contributed by atoms with Crippen LogP contribution in [-0.2, 0) is 11.3 Å². The molecule has 0 atom stereocenters. The van der Waals surface area contributed by atoms with Crippen LogP contribution in [0.5, 0.6) is 0 Å². The maximum Gasteiger partial charge on any atom is 0.240 e. The van der Waals surface area contributed by atoms with E-state index in [1.54, 1.807) is 6.21 Å². The van der Waals surface area contributed by atoms with Gasteiger partial charge in [-0.25, -0.2) is 19.3 Å². The molecule has 152 valence electrons. The third-order valence-electron chi connectivity index (χ3n) is 4.09. The van der Waals surface area contributed by atoms with Gasteiger partial charge in [0.25, 0.3) is 0 Å². The fraction of sp³-hybridized carbons (Fsp3) is 0.105. The second kappa shape index (κ2) is 8.82. The number of aliphatic imine (C=N–C) groups is 1. The first-order valence-electron chi connectivity index (χ1n) is 8.81. The molecule has 1 aromatic heterocycles. The molecule has 0 unspecified atom stereocenters. The summed E-state index contributed by atoms with van der Waals surface area (Å²) >= 11 is 1.00. The second-order valence-electron chi connectivity index (χ2n) is 6.13. The SMILES string of the molecule is O=C(CSc1n[nH]c(N/N=C\C2=NCc3ccccc32)n1)Nc1c(F)cccc1F. The summed E-state index contributed by atoms with van der Waals surface area (Å²) < 4.78 is 27.1. The van der Waals surface area contributed by atoms with E-state index in [-0.39, 0.29) is 16.9 Å². The number of hydrazone groups is 1. The molecule has 0 spiro atoms. The van der Waals surface area contributed by atoms with Crippen LogP contribution < -0.4 is 10.7 Å². The molecule has 3 aromatic rings. The van der Waals surface area contributed by atoms with Gasteiger partial charge >= 0.3 is 0 Å². The largest absolute Gasteiger partial charge is 0.320 e. The molecule has 30 heavy (non-hydrogen) atoms. The molecule has 0 aliphatic carbocycles. The second-order valence-corrected chi connectivity index (χ2v) is 7.07. The van der Waals surface area contributed by atoms with Crippen LogP contribution in [0.2, 0.25) is 0 Å². The highest BCUT2D eigenvalue weighted by Gasteiger charge is 2.14. The van der Waals surface area contributed by atoms with E-state index in [1.807, 2.05) is 24.3 Å². The predicted molar refractivity (Wildman–Crippen MR) is 111 cm³/mol. The number of nitrogens with zero attached hydrogens (tertiary/aromatic N) is 4. The van der Waals surface area contributed by atoms with Crippen LogP contribution in [0.4, 0.5) is 20.4 Å². The van der Waals surface area contributed by atoms with Crippen molar-refractivity contribution in [1.82, 2.24) is 15.2 Å². The number of nitrogens with one attached hydrogen (secondary N) is 3. The van der Waals surface area contributed by atoms with Crippen molar-refractivity contribution in [1.29, 1.82) is 0 Å². The lowest BCUT2D eigenvalue weighted by Crippen LogP contribution is -2.16. The minimum absolute atomic E-state index is 0.123. The first-order chi connectivity index (χ1) is 14.6. The van der Waals surface area contributed by atoms with Crippen LogP contribution in [-0.4, -0.2) is 38.8 Å². The Morgan fingerprint density at radius 1 is 1.20 bits per heavy atom. The molecule has 0 radical (unpaired) electrons. The van der Waals surface area contributed by atoms with Gasteiger partial charge in [0.1, 0.15) is 17.3 Å². The molecule has 8 nitrogen and oxygen atoms in total. The van der Waals surface area contributed by atoms with Crippen LogP contribution in [0.3, 0.4) is 0 Å². The maximum atomic E-state index is 13.6. The molecule has 0 bridgehead atoms. The van der Waals surface area contributed by atoms with Gasteiger partial charge in [0, 0.05) is 5.56 Å². The van der Waals surface area contributed by atoms with Crippen LogP contribution in [0.1, 0.15) is 11.1 Å². The Morgan fingerprint density at radius 2 is 2.00 bits per heavy atom. The zero-order valence-electron chi connectivity index (χ0n) is 15.4. The third kappa shape index (κ3) is 4.51. The van der Waals surface area contributed by atoms with E-state index in [2.05, 4.69) is 36.0 Å². The first-order valence-corrected chi connectivity index (χ1v) is 9.79. The summed E-state index contributed by atoms with van der Waals surface area (Å²) in [4.78, 5) is 20.5. The van der Waals surface area contributed by atoms with Crippen LogP contribution >= 0.6 is 11.8 Å². The maximum absolute atomic E-state index is 13.6. The number of hydrogen-bond donors (Lipinski definition) is 3.